The molecule has 4 nitrogen and oxygen atoms in total. The van der Waals surface area contributed by atoms with E-state index in [0.717, 1.165) is 22.5 Å². The molecule has 0 amide bonds. The van der Waals surface area contributed by atoms with Crippen molar-refractivity contribution in [3.05, 3.63) is 64.3 Å². The standard InChI is InChI=1S/C14H12N2O2S/c17-16(18)11-7-5-10(6-8-11)9-14-15-12-3-1-2-4-13(12)19-14/h1-8,16-17H,9H2. The third-order valence-corrected chi connectivity index (χ3v) is 3.93. The third-order valence-electron chi connectivity index (χ3n) is 2.89. The van der Waals surface area contributed by atoms with Gasteiger partial charge in [-0.2, -0.15) is 5.23 Å². The van der Waals surface area contributed by atoms with Crippen LogP contribution in [0.25, 0.3) is 10.2 Å². The molecule has 2 N–H and O–H groups in total. The molecule has 2 aromatic carbocycles. The molecule has 1 aromatic heterocycles. The molecule has 1 heterocycles. The smallest absolute Gasteiger partial charge is 0.163 e. The van der Waals surface area contributed by atoms with E-state index in [1.54, 1.807) is 23.5 Å². The van der Waals surface area contributed by atoms with Crippen molar-refractivity contribution in [3.8, 4) is 0 Å². The van der Waals surface area contributed by atoms with Crippen LogP contribution in [0.3, 0.4) is 0 Å². The maximum absolute atomic E-state index is 10.8. The van der Waals surface area contributed by atoms with Crippen molar-refractivity contribution < 1.29 is 10.4 Å². The number of thiazole rings is 1. The van der Waals surface area contributed by atoms with Crippen LogP contribution in [0.2, 0.25) is 0 Å². The van der Waals surface area contributed by atoms with Gasteiger partial charge in [0, 0.05) is 18.6 Å². The summed E-state index contributed by atoms with van der Waals surface area (Å²) in [5, 5.41) is 19.8. The molecule has 96 valence electrons. The van der Waals surface area contributed by atoms with Crippen molar-refractivity contribution in [1.82, 2.24) is 4.98 Å². The second-order valence-electron chi connectivity index (χ2n) is 4.25. The van der Waals surface area contributed by atoms with Gasteiger partial charge in [0.15, 0.2) is 5.69 Å². The van der Waals surface area contributed by atoms with E-state index in [2.05, 4.69) is 11.1 Å². The van der Waals surface area contributed by atoms with Gasteiger partial charge in [-0.05, 0) is 17.7 Å². The Balaban J connectivity index is 1.84. The zero-order valence-electron chi connectivity index (χ0n) is 10.0. The van der Waals surface area contributed by atoms with Gasteiger partial charge in [0.1, 0.15) is 0 Å². The number of nitrogens with one attached hydrogen (secondary N) is 1. The van der Waals surface area contributed by atoms with Crippen LogP contribution < -0.4 is 5.23 Å². The normalized spacial score (nSPS) is 12.7. The van der Waals surface area contributed by atoms with Gasteiger partial charge in [-0.3, -0.25) is 0 Å². The van der Waals surface area contributed by atoms with Crippen LogP contribution in [0.4, 0.5) is 5.69 Å². The van der Waals surface area contributed by atoms with Gasteiger partial charge in [0.2, 0.25) is 0 Å². The minimum Gasteiger partial charge on any atom is -0.595 e. The van der Waals surface area contributed by atoms with Crippen molar-refractivity contribution in [2.24, 2.45) is 0 Å². The minimum atomic E-state index is -0.897. The molecule has 0 spiro atoms. The van der Waals surface area contributed by atoms with Crippen LogP contribution in [-0.2, 0) is 6.42 Å². The fraction of sp³-hybridized carbons (Fsp3) is 0.0714. The Morgan fingerprint density at radius 3 is 2.53 bits per heavy atom. The molecule has 0 saturated heterocycles. The summed E-state index contributed by atoms with van der Waals surface area (Å²) in [4.78, 5) is 4.57. The maximum Gasteiger partial charge on any atom is 0.163 e. The van der Waals surface area contributed by atoms with Gasteiger partial charge in [-0.25, -0.2) is 10.2 Å². The molecule has 1 unspecified atom stereocenters. The predicted octanol–water partition coefficient (Wildman–Crippen LogP) is 2.29. The van der Waals surface area contributed by atoms with Gasteiger partial charge in [0.25, 0.3) is 0 Å². The number of quaternary nitrogens is 1. The summed E-state index contributed by atoms with van der Waals surface area (Å²) in [5.41, 5.74) is 2.40. The zero-order chi connectivity index (χ0) is 13.2. The molecule has 0 aliphatic heterocycles. The fourth-order valence-electron chi connectivity index (χ4n) is 1.94. The maximum atomic E-state index is 10.8. The molecular formula is C14H12N2O2S. The molecule has 0 aliphatic carbocycles. The second kappa shape index (κ2) is 5.07. The van der Waals surface area contributed by atoms with E-state index in [0.29, 0.717) is 5.69 Å². The average molecular weight is 272 g/mol. The lowest BCUT2D eigenvalue weighted by atomic mass is 10.1. The van der Waals surface area contributed by atoms with Gasteiger partial charge in [-0.15, -0.1) is 11.3 Å². The summed E-state index contributed by atoms with van der Waals surface area (Å²) >= 11 is 1.68. The first-order valence-corrected chi connectivity index (χ1v) is 6.71. The highest BCUT2D eigenvalue weighted by atomic mass is 32.1. The number of rotatable bonds is 3. The van der Waals surface area contributed by atoms with E-state index in [1.165, 1.54) is 4.70 Å². The number of benzene rings is 2. The summed E-state index contributed by atoms with van der Waals surface area (Å²) < 4.78 is 1.18. The first-order valence-electron chi connectivity index (χ1n) is 5.89. The Hall–Kier alpha value is -1.79. The number of hydrogen-bond acceptors (Lipinski definition) is 4. The Kier molecular flexibility index (Phi) is 3.27. The molecular weight excluding hydrogens is 260 g/mol. The van der Waals surface area contributed by atoms with E-state index >= 15 is 0 Å². The summed E-state index contributed by atoms with van der Waals surface area (Å²) in [6.45, 7) is 0. The lowest BCUT2D eigenvalue weighted by Crippen LogP contribution is -2.99. The molecule has 0 saturated carbocycles. The molecule has 3 aromatic rings. The highest BCUT2D eigenvalue weighted by Crippen LogP contribution is 2.23. The van der Waals surface area contributed by atoms with Crippen LogP contribution in [0.5, 0.6) is 0 Å². The Morgan fingerprint density at radius 2 is 1.84 bits per heavy atom. The first-order chi connectivity index (χ1) is 9.22. The van der Waals surface area contributed by atoms with Gasteiger partial charge in [-0.1, -0.05) is 24.3 Å². The van der Waals surface area contributed by atoms with Crippen molar-refractivity contribution in [1.29, 1.82) is 0 Å². The van der Waals surface area contributed by atoms with Gasteiger partial charge >= 0.3 is 0 Å². The highest BCUT2D eigenvalue weighted by molar-refractivity contribution is 7.18. The van der Waals surface area contributed by atoms with Gasteiger partial charge < -0.3 is 5.21 Å². The Labute approximate surface area is 114 Å². The molecule has 5 heteroatoms. The van der Waals surface area contributed by atoms with Crippen LogP contribution in [0.1, 0.15) is 10.6 Å². The number of para-hydroxylation sites is 1. The van der Waals surface area contributed by atoms with E-state index < -0.39 is 5.23 Å². The summed E-state index contributed by atoms with van der Waals surface area (Å²) in [6, 6.07) is 15.0. The van der Waals surface area contributed by atoms with Crippen LogP contribution in [0.15, 0.2) is 48.5 Å². The van der Waals surface area contributed by atoms with Crippen molar-refractivity contribution in [3.63, 3.8) is 0 Å². The molecule has 19 heavy (non-hydrogen) atoms. The minimum absolute atomic E-state index is 0.313. The van der Waals surface area contributed by atoms with Crippen molar-refractivity contribution in [2.75, 3.05) is 0 Å². The van der Waals surface area contributed by atoms with Crippen LogP contribution in [0, 0.1) is 5.21 Å². The van der Waals surface area contributed by atoms with E-state index in [4.69, 9.17) is 5.21 Å². The van der Waals surface area contributed by atoms with E-state index in [1.807, 2.05) is 30.3 Å². The molecule has 3 rings (SSSR count). The SMILES string of the molecule is [O-][NH+](O)c1ccc(Cc2nc3ccccc3s2)cc1. The molecule has 0 bridgehead atoms. The quantitative estimate of drug-likeness (QED) is 0.719. The summed E-state index contributed by atoms with van der Waals surface area (Å²) in [5.74, 6) is 0. The Morgan fingerprint density at radius 1 is 1.11 bits per heavy atom. The molecule has 1 atom stereocenters. The van der Waals surface area contributed by atoms with Crippen molar-refractivity contribution in [2.45, 2.75) is 6.42 Å². The summed E-state index contributed by atoms with van der Waals surface area (Å²) in [7, 11) is 0. The van der Waals surface area contributed by atoms with E-state index in [9.17, 15) is 5.21 Å². The number of hydrogen-bond donors (Lipinski definition) is 2. The van der Waals surface area contributed by atoms with Crippen LogP contribution >= 0.6 is 11.3 Å². The molecule has 0 radical (unpaired) electrons. The summed E-state index contributed by atoms with van der Waals surface area (Å²) in [6.07, 6.45) is 0.735. The predicted molar refractivity (Wildman–Crippen MR) is 74.6 cm³/mol. The second-order valence-corrected chi connectivity index (χ2v) is 5.37. The number of aromatic nitrogens is 1. The average Bonchev–Trinajstić information content (AvgIpc) is 2.81. The van der Waals surface area contributed by atoms with E-state index in [-0.39, 0.29) is 0 Å². The van der Waals surface area contributed by atoms with Gasteiger partial charge in [0.05, 0.1) is 15.2 Å². The first kappa shape index (κ1) is 12.3. The fourth-order valence-corrected chi connectivity index (χ4v) is 2.94. The zero-order valence-corrected chi connectivity index (χ0v) is 10.9. The van der Waals surface area contributed by atoms with Crippen LogP contribution in [-0.4, -0.2) is 10.2 Å². The lowest BCUT2D eigenvalue weighted by Gasteiger charge is -2.11. The molecule has 0 aliphatic rings. The lowest BCUT2D eigenvalue weighted by molar-refractivity contribution is -0.991. The third kappa shape index (κ3) is 2.64. The topological polar surface area (TPSA) is 60.6 Å². The number of fused-ring (bicyclic) bond motifs is 1. The van der Waals surface area contributed by atoms with Crippen molar-refractivity contribution >= 4 is 27.2 Å². The largest absolute Gasteiger partial charge is 0.595 e. The monoisotopic (exact) mass is 272 g/mol. The molecule has 0 fully saturated rings. The Bertz CT molecular complexity index is 659. The highest BCUT2D eigenvalue weighted by Gasteiger charge is 2.05. The number of nitrogens with zero attached hydrogens (tertiary/aromatic N) is 1.